The number of esters is 1. The van der Waals surface area contributed by atoms with Gasteiger partial charge in [-0.05, 0) is 74.9 Å². The monoisotopic (exact) mass is 733 g/mol. The third-order valence-corrected chi connectivity index (χ3v) is 11.8. The lowest BCUT2D eigenvalue weighted by Gasteiger charge is -2.49. The molecule has 0 aromatic carbocycles. The van der Waals surface area contributed by atoms with Crippen LogP contribution in [0.2, 0.25) is 0 Å². The molecule has 0 aromatic rings. The number of hydrogen-bond donors (Lipinski definition) is 5. The Bertz CT molecular complexity index is 1170. The molecule has 3 rings (SSSR count). The van der Waals surface area contributed by atoms with Gasteiger partial charge in [-0.15, -0.1) is 0 Å². The molecule has 0 radical (unpaired) electrons. The lowest BCUT2D eigenvalue weighted by molar-refractivity contribution is -0.318. The van der Waals surface area contributed by atoms with Crippen LogP contribution in [-0.2, 0) is 38.0 Å². The minimum atomic E-state index is -1.99. The Morgan fingerprint density at radius 3 is 2.04 bits per heavy atom. The molecule has 0 spiro atoms. The summed E-state index contributed by atoms with van der Waals surface area (Å²) in [5, 5.41) is 57.6. The second-order valence-corrected chi connectivity index (χ2v) is 16.5. The average Bonchev–Trinajstić information content (AvgIpc) is 3.05. The molecule has 298 valence electrons. The highest BCUT2D eigenvalue weighted by atomic mass is 16.7. The minimum absolute atomic E-state index is 0.0936. The summed E-state index contributed by atoms with van der Waals surface area (Å²) in [6.45, 7) is 16.3. The number of carbonyl (C=O) groups is 2. The van der Waals surface area contributed by atoms with Crippen molar-refractivity contribution in [3.63, 3.8) is 0 Å². The zero-order valence-electron chi connectivity index (χ0n) is 32.9. The molecule has 14 nitrogen and oxygen atoms in total. The van der Waals surface area contributed by atoms with E-state index in [1.165, 1.54) is 27.9 Å². The highest BCUT2D eigenvalue weighted by Gasteiger charge is 2.53. The van der Waals surface area contributed by atoms with Crippen LogP contribution in [0.25, 0.3) is 0 Å². The molecule has 3 aliphatic heterocycles. The van der Waals surface area contributed by atoms with E-state index in [9.17, 15) is 35.1 Å². The Hall–Kier alpha value is -1.30. The molecule has 0 aliphatic carbocycles. The third kappa shape index (κ3) is 9.51. The van der Waals surface area contributed by atoms with E-state index in [1.807, 2.05) is 25.9 Å². The van der Waals surface area contributed by atoms with Gasteiger partial charge in [0.15, 0.2) is 12.6 Å². The van der Waals surface area contributed by atoms with Crippen LogP contribution in [0.15, 0.2) is 0 Å². The number of cyclic esters (lactones) is 1. The summed E-state index contributed by atoms with van der Waals surface area (Å²) in [5.41, 5.74) is -4.84. The van der Waals surface area contributed by atoms with Gasteiger partial charge in [-0.3, -0.25) is 9.59 Å². The zero-order valence-corrected chi connectivity index (χ0v) is 32.9. The first-order valence-corrected chi connectivity index (χ1v) is 18.5. The standard InChI is InChI=1S/C37H67NO13/c1-14-25-37(10,45)30(41)20(4)27(39)18(2)16-35(8,44)32(51-34-28(40)24(38(11)12)15-19(3)47-34)21(5)29(22(6)33(43)49-25)50-26-17-36(9,46-13)31(42)23(7)48-26/h18-26,28-32,34,40-42,44-45H,14-17H2,1-13H3/t18?,19-,20+,21?,22-,23?,24+,25?,26?,28?,29?,30-,31+,32?,34?,35-,36-,37-/m1/s1. The number of aliphatic hydroxyl groups excluding tert-OH is 3. The molecule has 0 aromatic heterocycles. The zero-order chi connectivity index (χ0) is 39.0. The fraction of sp³-hybridized carbons (Fsp3) is 0.946. The molecule has 9 unspecified atom stereocenters. The van der Waals surface area contributed by atoms with Gasteiger partial charge in [0.2, 0.25) is 0 Å². The van der Waals surface area contributed by atoms with Crippen molar-refractivity contribution in [3.05, 3.63) is 0 Å². The largest absolute Gasteiger partial charge is 0.459 e. The number of hydrogen-bond acceptors (Lipinski definition) is 14. The summed E-state index contributed by atoms with van der Waals surface area (Å²) in [5.74, 6) is -4.98. The Morgan fingerprint density at radius 1 is 0.882 bits per heavy atom. The number of rotatable bonds is 7. The number of ketones is 1. The van der Waals surface area contributed by atoms with Crippen molar-refractivity contribution < 1.29 is 63.5 Å². The lowest BCUT2D eigenvalue weighted by atomic mass is 9.74. The summed E-state index contributed by atoms with van der Waals surface area (Å²) < 4.78 is 37.1. The highest BCUT2D eigenvalue weighted by molar-refractivity contribution is 5.83. The van der Waals surface area contributed by atoms with E-state index < -0.39 is 108 Å². The molecule has 0 amide bonds. The molecule has 3 aliphatic rings. The number of likely N-dealkylation sites (N-methyl/N-ethyl adjacent to an activating group) is 1. The maximum Gasteiger partial charge on any atom is 0.311 e. The lowest BCUT2D eigenvalue weighted by Crippen LogP contribution is -2.61. The first-order valence-electron chi connectivity index (χ1n) is 18.5. The SMILES string of the molecule is CCC1OC(=O)[C@H](C)C(OC2C[C@@](C)(OC)[C@@H](O)C(C)O2)C(C)C(OC2O[C@H](C)C[C@H](N(C)C)C2O)[C@](C)(O)CC(C)C(=O)[C@H](C)[C@@H](O)[C@]1(C)O. The molecule has 3 saturated heterocycles. The summed E-state index contributed by atoms with van der Waals surface area (Å²) in [6, 6.07) is -0.324. The van der Waals surface area contributed by atoms with Crippen molar-refractivity contribution in [2.75, 3.05) is 21.2 Å². The Kier molecular flexibility index (Phi) is 14.7. The summed E-state index contributed by atoms with van der Waals surface area (Å²) in [7, 11) is 5.18. The Morgan fingerprint density at radius 2 is 1.49 bits per heavy atom. The predicted molar refractivity (Wildman–Crippen MR) is 186 cm³/mol. The van der Waals surface area contributed by atoms with Crippen molar-refractivity contribution in [2.24, 2.45) is 23.7 Å². The van der Waals surface area contributed by atoms with Crippen molar-refractivity contribution in [2.45, 2.75) is 179 Å². The van der Waals surface area contributed by atoms with E-state index in [-0.39, 0.29) is 31.4 Å². The third-order valence-electron chi connectivity index (χ3n) is 11.8. The maximum absolute atomic E-state index is 14.1. The van der Waals surface area contributed by atoms with Gasteiger partial charge < -0.3 is 58.9 Å². The van der Waals surface area contributed by atoms with Gasteiger partial charge in [-0.25, -0.2) is 0 Å². The number of nitrogens with zero attached hydrogens (tertiary/aromatic N) is 1. The van der Waals surface area contributed by atoms with Crippen molar-refractivity contribution >= 4 is 11.8 Å². The van der Waals surface area contributed by atoms with E-state index in [2.05, 4.69) is 0 Å². The molecule has 0 saturated carbocycles. The molecule has 14 heteroatoms. The first-order chi connectivity index (χ1) is 23.4. The van der Waals surface area contributed by atoms with E-state index >= 15 is 0 Å². The van der Waals surface area contributed by atoms with Gasteiger partial charge in [-0.2, -0.15) is 0 Å². The topological polar surface area (TPSA) is 194 Å². The van der Waals surface area contributed by atoms with E-state index in [0.717, 1.165) is 0 Å². The second-order valence-electron chi connectivity index (χ2n) is 16.5. The van der Waals surface area contributed by atoms with E-state index in [1.54, 1.807) is 41.5 Å². The second kappa shape index (κ2) is 17.0. The maximum atomic E-state index is 14.1. The molecule has 0 bridgehead atoms. The normalized spacial score (nSPS) is 49.7. The molecule has 51 heavy (non-hydrogen) atoms. The molecular weight excluding hydrogens is 666 g/mol. The quantitative estimate of drug-likeness (QED) is 0.238. The summed E-state index contributed by atoms with van der Waals surface area (Å²) >= 11 is 0. The first kappa shape index (κ1) is 44.1. The van der Waals surface area contributed by atoms with Gasteiger partial charge in [0.05, 0.1) is 47.6 Å². The van der Waals surface area contributed by atoms with E-state index in [4.69, 9.17) is 28.4 Å². The van der Waals surface area contributed by atoms with Crippen molar-refractivity contribution in [1.82, 2.24) is 4.90 Å². The van der Waals surface area contributed by atoms with Crippen LogP contribution in [0.3, 0.4) is 0 Å². The molecule has 18 atom stereocenters. The smallest absolute Gasteiger partial charge is 0.311 e. The number of methoxy groups -OCH3 is 1. The van der Waals surface area contributed by atoms with Gasteiger partial charge in [0, 0.05) is 37.3 Å². The number of Topliss-reactive ketones (excluding diaryl/α,β-unsaturated/α-hetero) is 1. The Labute approximate surface area is 304 Å². The fourth-order valence-electron chi connectivity index (χ4n) is 8.41. The number of carbonyl (C=O) groups excluding carboxylic acids is 2. The van der Waals surface area contributed by atoms with Crippen molar-refractivity contribution in [3.8, 4) is 0 Å². The van der Waals surface area contributed by atoms with Crippen LogP contribution < -0.4 is 0 Å². The highest BCUT2D eigenvalue weighted by Crippen LogP contribution is 2.40. The van der Waals surface area contributed by atoms with E-state index in [0.29, 0.717) is 6.42 Å². The molecule has 3 fully saturated rings. The van der Waals surface area contributed by atoms with Crippen LogP contribution in [0.4, 0.5) is 0 Å². The van der Waals surface area contributed by atoms with Crippen molar-refractivity contribution in [1.29, 1.82) is 0 Å². The minimum Gasteiger partial charge on any atom is -0.459 e. The van der Waals surface area contributed by atoms with Crippen LogP contribution in [0.1, 0.15) is 94.9 Å². The molecule has 5 N–H and O–H groups in total. The number of aliphatic hydroxyl groups is 5. The Balaban J connectivity index is 2.18. The van der Waals surface area contributed by atoms with Crippen LogP contribution >= 0.6 is 0 Å². The summed E-state index contributed by atoms with van der Waals surface area (Å²) in [6.07, 6.45) is -9.71. The van der Waals surface area contributed by atoms with Gasteiger partial charge in [0.1, 0.15) is 29.7 Å². The fourth-order valence-corrected chi connectivity index (χ4v) is 8.41. The van der Waals surface area contributed by atoms with Crippen LogP contribution in [0, 0.1) is 23.7 Å². The molecule has 3 heterocycles. The average molecular weight is 734 g/mol. The molecular formula is C37H67NO13. The summed E-state index contributed by atoms with van der Waals surface area (Å²) in [4.78, 5) is 29.8. The van der Waals surface area contributed by atoms with Gasteiger partial charge >= 0.3 is 5.97 Å². The van der Waals surface area contributed by atoms with Gasteiger partial charge in [0.25, 0.3) is 0 Å². The predicted octanol–water partition coefficient (Wildman–Crippen LogP) is 1.79. The number of ether oxygens (including phenoxy) is 6. The van der Waals surface area contributed by atoms with Gasteiger partial charge in [-0.1, -0.05) is 27.7 Å². The van der Waals surface area contributed by atoms with Crippen LogP contribution in [0.5, 0.6) is 0 Å². The van der Waals surface area contributed by atoms with Crippen LogP contribution in [-0.4, -0.2) is 148 Å².